The Kier molecular flexibility index (Phi) is 8.42. The number of hydrogen-bond acceptors (Lipinski definition) is 4. The van der Waals surface area contributed by atoms with Gasteiger partial charge in [0.15, 0.2) is 0 Å². The van der Waals surface area contributed by atoms with Crippen LogP contribution in [0, 0.1) is 18.3 Å². The van der Waals surface area contributed by atoms with Crippen LogP contribution in [-0.2, 0) is 6.42 Å². The topological polar surface area (TPSA) is 94.5 Å². The highest BCUT2D eigenvalue weighted by Gasteiger charge is 2.25. The van der Waals surface area contributed by atoms with Gasteiger partial charge in [0.25, 0.3) is 5.91 Å². The maximum atomic E-state index is 13.2. The minimum absolute atomic E-state index is 0.0266. The Labute approximate surface area is 218 Å². The average molecular weight is 497 g/mol. The minimum atomic E-state index is -0.301. The second-order valence-corrected chi connectivity index (χ2v) is 9.31. The van der Waals surface area contributed by atoms with Crippen molar-refractivity contribution in [1.82, 2.24) is 10.2 Å². The molecule has 1 aliphatic rings. The number of rotatable bonds is 7. The zero-order valence-corrected chi connectivity index (χ0v) is 21.3. The number of ether oxygens (including phenoxy) is 1. The number of hydrogen-bond donors (Lipinski definition) is 2. The van der Waals surface area contributed by atoms with Crippen LogP contribution in [0.3, 0.4) is 0 Å². The Morgan fingerprint density at radius 3 is 2.38 bits per heavy atom. The number of piperidine rings is 1. The van der Waals surface area contributed by atoms with E-state index in [1.54, 1.807) is 13.2 Å². The van der Waals surface area contributed by atoms with E-state index in [0.29, 0.717) is 48.8 Å². The van der Waals surface area contributed by atoms with Crippen LogP contribution >= 0.6 is 0 Å². The summed E-state index contributed by atoms with van der Waals surface area (Å²) in [5.41, 5.74) is 5.06. The first kappa shape index (κ1) is 25.8. The summed E-state index contributed by atoms with van der Waals surface area (Å²) in [5.74, 6) is 1.16. The molecule has 0 spiro atoms. The summed E-state index contributed by atoms with van der Waals surface area (Å²) in [4.78, 5) is 27.6. The molecule has 3 amide bonds. The third kappa shape index (κ3) is 6.68. The van der Waals surface area contributed by atoms with E-state index in [-0.39, 0.29) is 11.9 Å². The molecule has 7 nitrogen and oxygen atoms in total. The molecule has 0 aromatic heterocycles. The van der Waals surface area contributed by atoms with Crippen LogP contribution in [0.4, 0.5) is 10.5 Å². The van der Waals surface area contributed by atoms with Crippen molar-refractivity contribution in [3.05, 3.63) is 94.5 Å². The van der Waals surface area contributed by atoms with Crippen molar-refractivity contribution in [3.63, 3.8) is 0 Å². The average Bonchev–Trinajstić information content (AvgIpc) is 2.94. The lowest BCUT2D eigenvalue weighted by Crippen LogP contribution is -2.38. The lowest BCUT2D eigenvalue weighted by Gasteiger charge is -2.32. The first-order valence-corrected chi connectivity index (χ1v) is 12.5. The van der Waals surface area contributed by atoms with Gasteiger partial charge in [-0.05, 0) is 85.2 Å². The Balaban J connectivity index is 1.29. The van der Waals surface area contributed by atoms with Gasteiger partial charge in [-0.15, -0.1) is 0 Å². The molecule has 4 rings (SSSR count). The zero-order chi connectivity index (χ0) is 26.2. The summed E-state index contributed by atoms with van der Waals surface area (Å²) in [6, 6.07) is 22.8. The van der Waals surface area contributed by atoms with Gasteiger partial charge in [0.1, 0.15) is 5.75 Å². The van der Waals surface area contributed by atoms with E-state index in [2.05, 4.69) is 16.7 Å². The minimum Gasteiger partial charge on any atom is -0.497 e. The molecule has 0 unspecified atom stereocenters. The van der Waals surface area contributed by atoms with Crippen LogP contribution in [0.1, 0.15) is 51.4 Å². The number of nitriles is 1. The summed E-state index contributed by atoms with van der Waals surface area (Å²) in [6.45, 7) is 3.74. The third-order valence-corrected chi connectivity index (χ3v) is 6.88. The predicted molar refractivity (Wildman–Crippen MR) is 144 cm³/mol. The summed E-state index contributed by atoms with van der Waals surface area (Å²) in [6.07, 6.45) is 2.46. The molecule has 1 saturated heterocycles. The monoisotopic (exact) mass is 496 g/mol. The summed E-state index contributed by atoms with van der Waals surface area (Å²) in [7, 11) is 1.63. The van der Waals surface area contributed by atoms with E-state index in [4.69, 9.17) is 10.00 Å². The molecule has 0 atom stereocenters. The van der Waals surface area contributed by atoms with Crippen molar-refractivity contribution in [2.24, 2.45) is 0 Å². The number of carbonyl (C=O) groups is 2. The van der Waals surface area contributed by atoms with Crippen LogP contribution in [0.2, 0.25) is 0 Å². The van der Waals surface area contributed by atoms with Crippen molar-refractivity contribution in [1.29, 1.82) is 5.26 Å². The van der Waals surface area contributed by atoms with Crippen molar-refractivity contribution in [2.45, 2.75) is 32.1 Å². The zero-order valence-electron chi connectivity index (χ0n) is 21.3. The smallest absolute Gasteiger partial charge is 0.319 e. The highest BCUT2D eigenvalue weighted by atomic mass is 16.5. The largest absolute Gasteiger partial charge is 0.497 e. The molecule has 1 aliphatic heterocycles. The number of likely N-dealkylation sites (tertiary alicyclic amines) is 1. The first-order valence-electron chi connectivity index (χ1n) is 12.5. The molecule has 7 heteroatoms. The normalized spacial score (nSPS) is 13.5. The maximum Gasteiger partial charge on any atom is 0.319 e. The lowest BCUT2D eigenvalue weighted by molar-refractivity contribution is 0.0713. The fourth-order valence-electron chi connectivity index (χ4n) is 4.60. The van der Waals surface area contributed by atoms with Gasteiger partial charge >= 0.3 is 6.03 Å². The molecule has 0 aliphatic carbocycles. The number of anilines is 1. The van der Waals surface area contributed by atoms with Crippen molar-refractivity contribution >= 4 is 17.6 Å². The van der Waals surface area contributed by atoms with E-state index >= 15 is 0 Å². The van der Waals surface area contributed by atoms with Gasteiger partial charge in [0.2, 0.25) is 0 Å². The number of methoxy groups -OCH3 is 1. The molecule has 1 heterocycles. The van der Waals surface area contributed by atoms with Crippen LogP contribution < -0.4 is 15.4 Å². The number of carbonyl (C=O) groups excluding carboxylic acids is 2. The molecule has 2 N–H and O–H groups in total. The molecule has 190 valence electrons. The van der Waals surface area contributed by atoms with Gasteiger partial charge in [-0.3, -0.25) is 4.79 Å². The Bertz CT molecular complexity index is 1270. The SMILES string of the molecule is COc1ccc(CCNC(=O)Nc2cc(C(=O)N3CCC(c4ccc(C#N)cc4)CC3)ccc2C)cc1. The summed E-state index contributed by atoms with van der Waals surface area (Å²) < 4.78 is 5.17. The second-order valence-electron chi connectivity index (χ2n) is 9.31. The van der Waals surface area contributed by atoms with Crippen LogP contribution in [-0.4, -0.2) is 43.6 Å². The van der Waals surface area contributed by atoms with Gasteiger partial charge in [-0.25, -0.2) is 4.79 Å². The van der Waals surface area contributed by atoms with Crippen LogP contribution in [0.25, 0.3) is 0 Å². The molecule has 3 aromatic rings. The van der Waals surface area contributed by atoms with E-state index in [9.17, 15) is 9.59 Å². The van der Waals surface area contributed by atoms with E-state index in [1.165, 1.54) is 5.56 Å². The number of amides is 3. The quantitative estimate of drug-likeness (QED) is 0.467. The summed E-state index contributed by atoms with van der Waals surface area (Å²) >= 11 is 0. The standard InChI is InChI=1S/C30H32N4O3/c1-21-3-8-26(19-28(21)33-30(36)32-16-13-22-6-11-27(37-2)12-7-22)29(35)34-17-14-25(15-18-34)24-9-4-23(20-31)5-10-24/h3-12,19,25H,13-18H2,1-2H3,(H2,32,33,36). The molecular weight excluding hydrogens is 464 g/mol. The molecule has 37 heavy (non-hydrogen) atoms. The lowest BCUT2D eigenvalue weighted by atomic mass is 9.89. The van der Waals surface area contributed by atoms with Crippen molar-refractivity contribution in [2.75, 3.05) is 32.1 Å². The fraction of sp³-hybridized carbons (Fsp3) is 0.300. The third-order valence-electron chi connectivity index (χ3n) is 6.88. The molecule has 3 aromatic carbocycles. The molecule has 0 radical (unpaired) electrons. The molecule has 0 saturated carbocycles. The Morgan fingerprint density at radius 2 is 1.73 bits per heavy atom. The summed E-state index contributed by atoms with van der Waals surface area (Å²) in [5, 5.41) is 14.8. The Morgan fingerprint density at radius 1 is 1.03 bits per heavy atom. The molecule has 1 fully saturated rings. The van der Waals surface area contributed by atoms with Crippen molar-refractivity contribution < 1.29 is 14.3 Å². The highest BCUT2D eigenvalue weighted by Crippen LogP contribution is 2.29. The number of nitrogens with one attached hydrogen (secondary N) is 2. The van der Waals surface area contributed by atoms with Gasteiger partial charge in [0.05, 0.1) is 18.7 Å². The maximum absolute atomic E-state index is 13.2. The van der Waals surface area contributed by atoms with Gasteiger partial charge in [-0.2, -0.15) is 5.26 Å². The fourth-order valence-corrected chi connectivity index (χ4v) is 4.60. The van der Waals surface area contributed by atoms with E-state index in [1.807, 2.05) is 72.5 Å². The van der Waals surface area contributed by atoms with Crippen LogP contribution in [0.5, 0.6) is 5.75 Å². The molecule has 0 bridgehead atoms. The number of aryl methyl sites for hydroxylation is 1. The number of nitrogens with zero attached hydrogens (tertiary/aromatic N) is 2. The number of benzene rings is 3. The van der Waals surface area contributed by atoms with Crippen molar-refractivity contribution in [3.8, 4) is 11.8 Å². The Hall–Kier alpha value is -4.31. The van der Waals surface area contributed by atoms with Gasteiger partial charge in [0, 0.05) is 30.9 Å². The first-order chi connectivity index (χ1) is 18.0. The predicted octanol–water partition coefficient (Wildman–Crippen LogP) is 5.26. The number of urea groups is 1. The van der Waals surface area contributed by atoms with Gasteiger partial charge in [-0.1, -0.05) is 30.3 Å². The van der Waals surface area contributed by atoms with E-state index in [0.717, 1.165) is 29.7 Å². The highest BCUT2D eigenvalue weighted by molar-refractivity contribution is 5.97. The van der Waals surface area contributed by atoms with Crippen LogP contribution in [0.15, 0.2) is 66.7 Å². The second kappa shape index (κ2) is 12.1. The van der Waals surface area contributed by atoms with E-state index < -0.39 is 0 Å². The molecular formula is C30H32N4O3. The van der Waals surface area contributed by atoms with Gasteiger partial charge < -0.3 is 20.3 Å².